The predicted octanol–water partition coefficient (Wildman–Crippen LogP) is 3.90. The molecule has 0 aliphatic rings. The van der Waals surface area contributed by atoms with Gasteiger partial charge < -0.3 is 14.8 Å². The molecular formula is C22H24BrN3O3. The number of carbonyl (C=O) groups is 1. The molecule has 0 unspecified atom stereocenters. The van der Waals surface area contributed by atoms with Crippen LogP contribution in [-0.4, -0.2) is 37.7 Å². The van der Waals surface area contributed by atoms with Crippen molar-refractivity contribution in [1.82, 2.24) is 5.32 Å². The third-order valence-electron chi connectivity index (χ3n) is 3.86. The van der Waals surface area contributed by atoms with Crippen LogP contribution in [-0.2, 0) is 27.3 Å². The minimum atomic E-state index is -0.458. The molecule has 2 aromatic carbocycles. The van der Waals surface area contributed by atoms with Gasteiger partial charge in [-0.05, 0) is 23.3 Å². The highest BCUT2D eigenvalue weighted by Gasteiger charge is 2.18. The first-order valence-corrected chi connectivity index (χ1v) is 9.82. The van der Waals surface area contributed by atoms with Gasteiger partial charge in [0, 0.05) is 24.5 Å². The summed E-state index contributed by atoms with van der Waals surface area (Å²) in [5.74, 6) is -0.307. The number of amidine groups is 1. The lowest BCUT2D eigenvalue weighted by Crippen LogP contribution is -2.35. The summed E-state index contributed by atoms with van der Waals surface area (Å²) in [4.78, 5) is 16.8. The summed E-state index contributed by atoms with van der Waals surface area (Å²) in [5, 5.41) is 10.9. The zero-order valence-corrected chi connectivity index (χ0v) is 17.9. The lowest BCUT2D eigenvalue weighted by atomic mass is 10.1. The molecule has 1 amide bonds. The number of nitrogens with zero attached hydrogens (tertiary/aromatic N) is 1. The van der Waals surface area contributed by atoms with Crippen molar-refractivity contribution in [3.8, 4) is 0 Å². The number of hydrogen-bond donors (Lipinski definition) is 2. The van der Waals surface area contributed by atoms with E-state index in [4.69, 9.17) is 14.9 Å². The van der Waals surface area contributed by atoms with Crippen LogP contribution < -0.4 is 5.32 Å². The molecule has 0 spiro atoms. The van der Waals surface area contributed by atoms with Crippen molar-refractivity contribution in [2.45, 2.75) is 13.0 Å². The van der Waals surface area contributed by atoms with Gasteiger partial charge in [0.15, 0.2) is 5.71 Å². The molecule has 6 nitrogen and oxygen atoms in total. The molecule has 2 aromatic rings. The number of rotatable bonds is 10. The number of benzene rings is 2. The molecule has 0 aliphatic carbocycles. The molecule has 0 saturated heterocycles. The maximum atomic E-state index is 12.6. The van der Waals surface area contributed by atoms with Crippen molar-refractivity contribution >= 4 is 33.4 Å². The second-order valence-corrected chi connectivity index (χ2v) is 7.07. The number of halogens is 1. The smallest absolute Gasteiger partial charge is 0.273 e. The van der Waals surface area contributed by atoms with E-state index in [0.717, 1.165) is 15.6 Å². The number of aliphatic imine (C=N–C) groups is 1. The largest absolute Gasteiger partial charge is 0.487 e. The van der Waals surface area contributed by atoms with Gasteiger partial charge in [-0.3, -0.25) is 10.2 Å². The molecule has 2 rings (SSSR count). The van der Waals surface area contributed by atoms with Crippen LogP contribution in [0.1, 0.15) is 11.1 Å². The number of nitrogens with one attached hydrogen (secondary N) is 2. The fourth-order valence-electron chi connectivity index (χ4n) is 2.37. The van der Waals surface area contributed by atoms with Gasteiger partial charge in [0.25, 0.3) is 5.91 Å². The Bertz CT molecular complexity index is 865. The topological polar surface area (TPSA) is 83.8 Å². The molecule has 7 heteroatoms. The second-order valence-electron chi connectivity index (χ2n) is 6.16. The van der Waals surface area contributed by atoms with E-state index in [1.54, 1.807) is 7.11 Å². The second kappa shape index (κ2) is 11.9. The van der Waals surface area contributed by atoms with Crippen LogP contribution in [0.3, 0.4) is 0 Å². The number of ether oxygens (including phenoxy) is 2. The van der Waals surface area contributed by atoms with E-state index in [-0.39, 0.29) is 30.3 Å². The molecule has 2 N–H and O–H groups in total. The first kappa shape index (κ1) is 22.5. The third kappa shape index (κ3) is 8.01. The summed E-state index contributed by atoms with van der Waals surface area (Å²) in [6.07, 6.45) is 0.286. The van der Waals surface area contributed by atoms with E-state index in [2.05, 4.69) is 32.8 Å². The quantitative estimate of drug-likeness (QED) is 0.245. The van der Waals surface area contributed by atoms with Crippen LogP contribution in [0.5, 0.6) is 0 Å². The molecule has 0 radical (unpaired) electrons. The van der Waals surface area contributed by atoms with Crippen LogP contribution in [0.4, 0.5) is 0 Å². The number of amides is 1. The molecule has 29 heavy (non-hydrogen) atoms. The van der Waals surface area contributed by atoms with E-state index in [1.807, 2.05) is 54.6 Å². The van der Waals surface area contributed by atoms with Gasteiger partial charge in [0.05, 0.1) is 6.61 Å². The van der Waals surface area contributed by atoms with Crippen LogP contribution in [0.15, 0.2) is 76.4 Å². The first-order chi connectivity index (χ1) is 14.0. The van der Waals surface area contributed by atoms with Gasteiger partial charge in [-0.1, -0.05) is 65.0 Å². The van der Waals surface area contributed by atoms with Crippen LogP contribution >= 0.6 is 15.9 Å². The summed E-state index contributed by atoms with van der Waals surface area (Å²) in [7, 11) is 1.55. The average Bonchev–Trinajstić information content (AvgIpc) is 2.73. The highest BCUT2D eigenvalue weighted by atomic mass is 79.9. The van der Waals surface area contributed by atoms with Crippen molar-refractivity contribution < 1.29 is 14.3 Å². The van der Waals surface area contributed by atoms with E-state index in [9.17, 15) is 4.79 Å². The molecule has 0 saturated carbocycles. The van der Waals surface area contributed by atoms with Crippen LogP contribution in [0.2, 0.25) is 0 Å². The van der Waals surface area contributed by atoms with Gasteiger partial charge in [-0.25, -0.2) is 4.99 Å². The molecule has 0 heterocycles. The first-order valence-electron chi connectivity index (χ1n) is 9.03. The highest BCUT2D eigenvalue weighted by molar-refractivity contribution is 9.10. The van der Waals surface area contributed by atoms with Crippen molar-refractivity contribution in [2.24, 2.45) is 4.99 Å². The van der Waals surface area contributed by atoms with Gasteiger partial charge in [0.1, 0.15) is 18.2 Å². The van der Waals surface area contributed by atoms with Crippen molar-refractivity contribution in [1.29, 1.82) is 5.41 Å². The Hall–Kier alpha value is -2.77. The van der Waals surface area contributed by atoms with E-state index in [1.165, 1.54) is 0 Å². The molecule has 0 aromatic heterocycles. The van der Waals surface area contributed by atoms with Crippen molar-refractivity contribution in [3.05, 3.63) is 82.5 Å². The van der Waals surface area contributed by atoms with Gasteiger partial charge in [0.2, 0.25) is 0 Å². The van der Waals surface area contributed by atoms with E-state index >= 15 is 0 Å². The molecular weight excluding hydrogens is 434 g/mol. The average molecular weight is 458 g/mol. The number of carbonyl (C=O) groups excluding carboxylic acids is 1. The normalized spacial score (nSPS) is 11.0. The Labute approximate surface area is 179 Å². The lowest BCUT2D eigenvalue weighted by molar-refractivity contribution is -0.115. The number of methoxy groups -OCH3 is 1. The Balaban J connectivity index is 2.10. The number of hydrogen-bond acceptors (Lipinski definition) is 4. The van der Waals surface area contributed by atoms with Gasteiger partial charge in [-0.15, -0.1) is 0 Å². The van der Waals surface area contributed by atoms with Crippen LogP contribution in [0.25, 0.3) is 0 Å². The van der Waals surface area contributed by atoms with E-state index < -0.39 is 5.91 Å². The summed E-state index contributed by atoms with van der Waals surface area (Å²) in [6, 6.07) is 17.1. The van der Waals surface area contributed by atoms with Gasteiger partial charge >= 0.3 is 0 Å². The summed E-state index contributed by atoms with van der Waals surface area (Å²) in [5.41, 5.74) is 1.84. The van der Waals surface area contributed by atoms with Crippen LogP contribution in [0, 0.1) is 5.41 Å². The molecule has 0 bridgehead atoms. The Morgan fingerprint density at radius 3 is 2.48 bits per heavy atom. The summed E-state index contributed by atoms with van der Waals surface area (Å²) in [6.45, 7) is 4.78. The Kier molecular flexibility index (Phi) is 9.27. The monoisotopic (exact) mass is 457 g/mol. The lowest BCUT2D eigenvalue weighted by Gasteiger charge is -2.13. The third-order valence-corrected chi connectivity index (χ3v) is 4.39. The molecule has 0 atom stereocenters. The minimum absolute atomic E-state index is 0.0147. The SMILES string of the molecule is C=C(OCc1ccccc1)/C(=N\C(=N)Cc1ccc(Br)cc1)C(=O)NCCOC. The maximum Gasteiger partial charge on any atom is 0.273 e. The van der Waals surface area contributed by atoms with Crippen molar-refractivity contribution in [2.75, 3.05) is 20.3 Å². The summed E-state index contributed by atoms with van der Waals surface area (Å²) < 4.78 is 11.6. The zero-order valence-electron chi connectivity index (χ0n) is 16.3. The van der Waals surface area contributed by atoms with Crippen molar-refractivity contribution in [3.63, 3.8) is 0 Å². The standard InChI is InChI=1S/C22H24BrN3O3/c1-16(29-15-18-6-4-3-5-7-18)21(22(27)25-12-13-28-2)26-20(24)14-17-8-10-19(23)11-9-17/h3-11,24H,1,12-15H2,2H3,(H,25,27)/b24-20?,26-21+. The zero-order chi connectivity index (χ0) is 21.1. The Morgan fingerprint density at radius 1 is 1.14 bits per heavy atom. The fourth-order valence-corrected chi connectivity index (χ4v) is 2.64. The van der Waals surface area contributed by atoms with Gasteiger partial charge in [-0.2, -0.15) is 0 Å². The predicted molar refractivity (Wildman–Crippen MR) is 118 cm³/mol. The molecule has 0 fully saturated rings. The maximum absolute atomic E-state index is 12.6. The molecule has 0 aliphatic heterocycles. The van der Waals surface area contributed by atoms with E-state index in [0.29, 0.717) is 13.2 Å². The summed E-state index contributed by atoms with van der Waals surface area (Å²) >= 11 is 3.38. The fraction of sp³-hybridized carbons (Fsp3) is 0.227. The Morgan fingerprint density at radius 2 is 1.83 bits per heavy atom. The highest BCUT2D eigenvalue weighted by Crippen LogP contribution is 2.12. The molecule has 152 valence electrons. The minimum Gasteiger partial charge on any atom is -0.487 e.